The van der Waals surface area contributed by atoms with Crippen LogP contribution in [0.5, 0.6) is 5.88 Å². The number of hydrogen-bond donors (Lipinski definition) is 1. The van der Waals surface area contributed by atoms with Crippen LogP contribution in [0.3, 0.4) is 0 Å². The van der Waals surface area contributed by atoms with E-state index in [-0.39, 0.29) is 0 Å². The van der Waals surface area contributed by atoms with Gasteiger partial charge < -0.3 is 9.84 Å². The molecule has 1 atom stereocenters. The Balaban J connectivity index is 2.48. The maximum Gasteiger partial charge on any atom is 0.310 e. The summed E-state index contributed by atoms with van der Waals surface area (Å²) in [7, 11) is 1.52. The quantitative estimate of drug-likeness (QED) is 0.873. The molecule has 0 aliphatic heterocycles. The number of carboxylic acid groups (broad SMARTS) is 1. The number of methoxy groups -OCH3 is 1. The average Bonchev–Trinajstić information content (AvgIpc) is 2.36. The first-order valence-corrected chi connectivity index (χ1v) is 5.15. The van der Waals surface area contributed by atoms with Gasteiger partial charge in [-0.2, -0.15) is 0 Å². The molecule has 0 radical (unpaired) electrons. The number of aliphatic carboxylic acids is 1. The minimum absolute atomic E-state index is 0.441. The number of carboxylic acids is 1. The standard InChI is InChI=1S/C12H12N2O3/c1-7(12(15)16)8-3-4-9-10(5-8)13-6-11(14-9)17-2/h3-7H,1-2H3,(H,15,16). The average molecular weight is 232 g/mol. The molecule has 0 aliphatic rings. The molecule has 1 unspecified atom stereocenters. The van der Waals surface area contributed by atoms with E-state index in [0.29, 0.717) is 22.5 Å². The van der Waals surface area contributed by atoms with Gasteiger partial charge in [-0.1, -0.05) is 6.07 Å². The van der Waals surface area contributed by atoms with E-state index in [2.05, 4.69) is 9.97 Å². The molecule has 0 fully saturated rings. The van der Waals surface area contributed by atoms with Gasteiger partial charge in [-0.3, -0.25) is 4.79 Å². The van der Waals surface area contributed by atoms with Crippen LogP contribution in [-0.2, 0) is 4.79 Å². The highest BCUT2D eigenvalue weighted by molar-refractivity contribution is 5.80. The summed E-state index contributed by atoms with van der Waals surface area (Å²) in [5, 5.41) is 8.93. The van der Waals surface area contributed by atoms with Crippen molar-refractivity contribution in [3.63, 3.8) is 0 Å². The van der Waals surface area contributed by atoms with Crippen LogP contribution in [0, 0.1) is 0 Å². The number of aromatic nitrogens is 2. The minimum atomic E-state index is -0.856. The van der Waals surface area contributed by atoms with E-state index in [1.165, 1.54) is 13.3 Å². The molecule has 88 valence electrons. The SMILES string of the molecule is COc1cnc2cc(C(C)C(=O)O)ccc2n1. The van der Waals surface area contributed by atoms with Crippen molar-refractivity contribution in [1.82, 2.24) is 9.97 Å². The third-order valence-electron chi connectivity index (χ3n) is 2.62. The molecule has 0 saturated carbocycles. The first-order valence-electron chi connectivity index (χ1n) is 5.15. The third kappa shape index (κ3) is 2.18. The summed E-state index contributed by atoms with van der Waals surface area (Å²) in [5.41, 5.74) is 2.06. The Hall–Kier alpha value is -2.17. The Morgan fingerprint density at radius 3 is 2.82 bits per heavy atom. The topological polar surface area (TPSA) is 72.3 Å². The number of ether oxygens (including phenoxy) is 1. The fourth-order valence-electron chi connectivity index (χ4n) is 1.52. The Morgan fingerprint density at radius 2 is 2.18 bits per heavy atom. The smallest absolute Gasteiger partial charge is 0.310 e. The van der Waals surface area contributed by atoms with Gasteiger partial charge in [-0.25, -0.2) is 9.97 Å². The highest BCUT2D eigenvalue weighted by atomic mass is 16.5. The minimum Gasteiger partial charge on any atom is -0.481 e. The lowest BCUT2D eigenvalue weighted by atomic mass is 10.0. The molecule has 5 heteroatoms. The Labute approximate surface area is 98.1 Å². The fraction of sp³-hybridized carbons (Fsp3) is 0.250. The molecule has 0 spiro atoms. The van der Waals surface area contributed by atoms with Gasteiger partial charge in [0.25, 0.3) is 0 Å². The predicted molar refractivity (Wildman–Crippen MR) is 62.1 cm³/mol. The van der Waals surface area contributed by atoms with E-state index in [0.717, 1.165) is 0 Å². The van der Waals surface area contributed by atoms with Crippen molar-refractivity contribution in [3.8, 4) is 5.88 Å². The van der Waals surface area contributed by atoms with Crippen molar-refractivity contribution in [1.29, 1.82) is 0 Å². The van der Waals surface area contributed by atoms with E-state index >= 15 is 0 Å². The number of hydrogen-bond acceptors (Lipinski definition) is 4. The third-order valence-corrected chi connectivity index (χ3v) is 2.62. The van der Waals surface area contributed by atoms with Crippen LogP contribution < -0.4 is 4.74 Å². The maximum absolute atomic E-state index is 10.9. The van der Waals surface area contributed by atoms with Gasteiger partial charge in [0.1, 0.15) is 0 Å². The normalized spacial score (nSPS) is 12.4. The predicted octanol–water partition coefficient (Wildman–Crippen LogP) is 1.83. The maximum atomic E-state index is 10.9. The number of fused-ring (bicyclic) bond motifs is 1. The van der Waals surface area contributed by atoms with Crippen LogP contribution in [0.1, 0.15) is 18.4 Å². The summed E-state index contributed by atoms with van der Waals surface area (Å²) in [6.07, 6.45) is 1.51. The molecule has 1 N–H and O–H groups in total. The molecule has 0 bridgehead atoms. The molecule has 1 aromatic heterocycles. The van der Waals surface area contributed by atoms with Gasteiger partial charge in [-0.05, 0) is 24.6 Å². The molecule has 0 saturated heterocycles. The first-order chi connectivity index (χ1) is 8.11. The van der Waals surface area contributed by atoms with Crippen LogP contribution in [0.15, 0.2) is 24.4 Å². The fourth-order valence-corrected chi connectivity index (χ4v) is 1.52. The zero-order valence-corrected chi connectivity index (χ0v) is 9.54. The van der Waals surface area contributed by atoms with Crippen LogP contribution in [-0.4, -0.2) is 28.2 Å². The van der Waals surface area contributed by atoms with Crippen LogP contribution in [0.4, 0.5) is 0 Å². The Morgan fingerprint density at radius 1 is 1.41 bits per heavy atom. The highest BCUT2D eigenvalue weighted by Crippen LogP contribution is 2.20. The van der Waals surface area contributed by atoms with Crippen molar-refractivity contribution in [2.75, 3.05) is 7.11 Å². The lowest BCUT2D eigenvalue weighted by Crippen LogP contribution is -2.07. The van der Waals surface area contributed by atoms with Crippen LogP contribution in [0.2, 0.25) is 0 Å². The molecule has 0 amide bonds. The van der Waals surface area contributed by atoms with E-state index in [1.54, 1.807) is 25.1 Å². The lowest BCUT2D eigenvalue weighted by Gasteiger charge is -2.07. The van der Waals surface area contributed by atoms with Gasteiger partial charge in [0, 0.05) is 0 Å². The van der Waals surface area contributed by atoms with E-state index in [1.807, 2.05) is 0 Å². The molecule has 2 aromatic rings. The molecular weight excluding hydrogens is 220 g/mol. The zero-order valence-electron chi connectivity index (χ0n) is 9.54. The van der Waals surface area contributed by atoms with Gasteiger partial charge in [0.15, 0.2) is 0 Å². The van der Waals surface area contributed by atoms with Gasteiger partial charge in [0.05, 0.1) is 30.3 Å². The van der Waals surface area contributed by atoms with Gasteiger partial charge in [0.2, 0.25) is 5.88 Å². The molecule has 5 nitrogen and oxygen atoms in total. The molecule has 0 aliphatic carbocycles. The Bertz CT molecular complexity index is 569. The molecule has 1 heterocycles. The van der Waals surface area contributed by atoms with E-state index in [4.69, 9.17) is 9.84 Å². The van der Waals surface area contributed by atoms with E-state index in [9.17, 15) is 4.79 Å². The lowest BCUT2D eigenvalue weighted by molar-refractivity contribution is -0.138. The zero-order chi connectivity index (χ0) is 12.4. The van der Waals surface area contributed by atoms with Crippen molar-refractivity contribution in [2.45, 2.75) is 12.8 Å². The Kier molecular flexibility index (Phi) is 2.91. The summed E-state index contributed by atoms with van der Waals surface area (Å²) in [6, 6.07) is 5.23. The monoisotopic (exact) mass is 232 g/mol. The first kappa shape index (κ1) is 11.3. The largest absolute Gasteiger partial charge is 0.481 e. The molecule has 2 rings (SSSR count). The molecule has 1 aromatic carbocycles. The summed E-state index contributed by atoms with van der Waals surface area (Å²) < 4.78 is 4.97. The van der Waals surface area contributed by atoms with Crippen molar-refractivity contribution in [3.05, 3.63) is 30.0 Å². The summed E-state index contributed by atoms with van der Waals surface area (Å²) in [4.78, 5) is 19.3. The van der Waals surface area contributed by atoms with Crippen molar-refractivity contribution in [2.24, 2.45) is 0 Å². The summed E-state index contributed by atoms with van der Waals surface area (Å²) in [6.45, 7) is 1.64. The van der Waals surface area contributed by atoms with Gasteiger partial charge in [-0.15, -0.1) is 0 Å². The van der Waals surface area contributed by atoms with Crippen molar-refractivity contribution < 1.29 is 14.6 Å². The second-order valence-corrected chi connectivity index (χ2v) is 3.72. The number of rotatable bonds is 3. The number of carbonyl (C=O) groups is 1. The second-order valence-electron chi connectivity index (χ2n) is 3.72. The van der Waals surface area contributed by atoms with Crippen LogP contribution >= 0.6 is 0 Å². The van der Waals surface area contributed by atoms with E-state index < -0.39 is 11.9 Å². The van der Waals surface area contributed by atoms with Crippen molar-refractivity contribution >= 4 is 17.0 Å². The highest BCUT2D eigenvalue weighted by Gasteiger charge is 2.14. The molecule has 17 heavy (non-hydrogen) atoms. The number of nitrogens with zero attached hydrogens (tertiary/aromatic N) is 2. The molecular formula is C12H12N2O3. The van der Waals surface area contributed by atoms with Gasteiger partial charge >= 0.3 is 5.97 Å². The summed E-state index contributed by atoms with van der Waals surface area (Å²) in [5.74, 6) is -0.967. The van der Waals surface area contributed by atoms with Crippen LogP contribution in [0.25, 0.3) is 11.0 Å². The second kappa shape index (κ2) is 4.37. The summed E-state index contributed by atoms with van der Waals surface area (Å²) >= 11 is 0. The number of benzene rings is 1.